The second-order valence-electron chi connectivity index (χ2n) is 6.07. The highest BCUT2D eigenvalue weighted by Crippen LogP contribution is 2.36. The number of nitrogens with one attached hydrogen (secondary N) is 2. The van der Waals surface area contributed by atoms with Crippen LogP contribution in [-0.2, 0) is 4.79 Å². The van der Waals surface area contributed by atoms with Gasteiger partial charge >= 0.3 is 11.8 Å². The van der Waals surface area contributed by atoms with Gasteiger partial charge in [0.2, 0.25) is 0 Å². The van der Waals surface area contributed by atoms with Crippen molar-refractivity contribution in [3.63, 3.8) is 0 Å². The smallest absolute Gasteiger partial charge is 0.312 e. The fraction of sp³-hybridized carbons (Fsp3) is 0.167. The molecule has 0 unspecified atom stereocenters. The number of hydrogen-bond donors (Lipinski definition) is 2. The number of nitrogens with zero attached hydrogens (tertiary/aromatic N) is 1. The van der Waals surface area contributed by atoms with E-state index < -0.39 is 23.7 Å². The van der Waals surface area contributed by atoms with E-state index in [-0.39, 0.29) is 27.0 Å². The molecule has 1 aliphatic rings. The quantitative estimate of drug-likeness (QED) is 0.777. The van der Waals surface area contributed by atoms with E-state index in [1.165, 1.54) is 24.3 Å². The molecular formula is C18H12Cl2F3N3O2. The maximum Gasteiger partial charge on any atom is 0.442 e. The number of rotatable bonds is 3. The van der Waals surface area contributed by atoms with Crippen molar-refractivity contribution in [3.05, 3.63) is 69.2 Å². The second-order valence-corrected chi connectivity index (χ2v) is 6.91. The average molecular weight is 430 g/mol. The van der Waals surface area contributed by atoms with Gasteiger partial charge in [0.25, 0.3) is 11.8 Å². The van der Waals surface area contributed by atoms with E-state index in [0.29, 0.717) is 0 Å². The summed E-state index contributed by atoms with van der Waals surface area (Å²) in [6, 6.07) is 9.98. The van der Waals surface area contributed by atoms with Gasteiger partial charge in [0.15, 0.2) is 0 Å². The Bertz CT molecular complexity index is 991. The Morgan fingerprint density at radius 3 is 2.36 bits per heavy atom. The molecule has 0 radical (unpaired) electrons. The predicted octanol–water partition coefficient (Wildman–Crippen LogP) is 3.87. The van der Waals surface area contributed by atoms with Crippen molar-refractivity contribution >= 4 is 40.9 Å². The zero-order chi connectivity index (χ0) is 20.7. The Kier molecular flexibility index (Phi) is 5.12. The summed E-state index contributed by atoms with van der Waals surface area (Å²) in [6.07, 6.45) is -5.20. The van der Waals surface area contributed by atoms with Crippen LogP contribution in [0.25, 0.3) is 0 Å². The molecule has 1 heterocycles. The Labute approximate surface area is 167 Å². The van der Waals surface area contributed by atoms with Crippen molar-refractivity contribution < 1.29 is 22.8 Å². The second kappa shape index (κ2) is 7.10. The maximum atomic E-state index is 13.8. The van der Waals surface area contributed by atoms with Crippen LogP contribution in [0.3, 0.4) is 0 Å². The first kappa shape index (κ1) is 20.2. The van der Waals surface area contributed by atoms with Crippen LogP contribution in [0.4, 0.5) is 13.2 Å². The Hall–Kier alpha value is -2.58. The van der Waals surface area contributed by atoms with Gasteiger partial charge < -0.3 is 10.6 Å². The van der Waals surface area contributed by atoms with Gasteiger partial charge in [-0.25, -0.2) is 4.99 Å². The fourth-order valence-corrected chi connectivity index (χ4v) is 3.04. The summed E-state index contributed by atoms with van der Waals surface area (Å²) in [4.78, 5) is 28.2. The SMILES string of the molecule is Cc1ccc(C2=N[C@](NC(=O)c3ccc(Cl)cc3Cl)(C(F)(F)F)C(=O)N2)cc1. The molecule has 0 spiro atoms. The van der Waals surface area contributed by atoms with E-state index >= 15 is 0 Å². The molecule has 0 fully saturated rings. The number of halogens is 5. The number of amidine groups is 1. The van der Waals surface area contributed by atoms with E-state index in [0.717, 1.165) is 11.6 Å². The Morgan fingerprint density at radius 2 is 1.79 bits per heavy atom. The Morgan fingerprint density at radius 1 is 1.14 bits per heavy atom. The zero-order valence-electron chi connectivity index (χ0n) is 14.2. The Balaban J connectivity index is 2.02. The van der Waals surface area contributed by atoms with Gasteiger partial charge in [-0.1, -0.05) is 53.0 Å². The molecule has 10 heteroatoms. The first-order valence-corrected chi connectivity index (χ1v) is 8.62. The van der Waals surface area contributed by atoms with Crippen LogP contribution < -0.4 is 10.6 Å². The van der Waals surface area contributed by atoms with Crippen molar-refractivity contribution in [2.24, 2.45) is 4.99 Å². The molecule has 1 atom stereocenters. The van der Waals surface area contributed by atoms with Crippen LogP contribution in [0, 0.1) is 6.92 Å². The van der Waals surface area contributed by atoms with Gasteiger partial charge in [-0.15, -0.1) is 0 Å². The van der Waals surface area contributed by atoms with E-state index in [9.17, 15) is 22.8 Å². The van der Waals surface area contributed by atoms with Crippen LogP contribution in [0.2, 0.25) is 10.0 Å². The molecule has 5 nitrogen and oxygen atoms in total. The lowest BCUT2D eigenvalue weighted by Crippen LogP contribution is -2.63. The molecule has 2 aromatic rings. The van der Waals surface area contributed by atoms with Gasteiger partial charge in [0.1, 0.15) is 5.84 Å². The first-order chi connectivity index (χ1) is 13.0. The van der Waals surface area contributed by atoms with Gasteiger partial charge in [-0.3, -0.25) is 9.59 Å². The number of benzene rings is 2. The maximum absolute atomic E-state index is 13.8. The van der Waals surface area contributed by atoms with Crippen molar-refractivity contribution in [1.82, 2.24) is 10.6 Å². The molecule has 1 aliphatic heterocycles. The van der Waals surface area contributed by atoms with Crippen LogP contribution in [0.15, 0.2) is 47.5 Å². The molecule has 0 bridgehead atoms. The molecular weight excluding hydrogens is 418 g/mol. The summed E-state index contributed by atoms with van der Waals surface area (Å²) in [6.45, 7) is 1.80. The van der Waals surface area contributed by atoms with Gasteiger partial charge in [0.05, 0.1) is 10.6 Å². The first-order valence-electron chi connectivity index (χ1n) is 7.86. The van der Waals surface area contributed by atoms with Crippen molar-refractivity contribution in [3.8, 4) is 0 Å². The molecule has 0 aromatic heterocycles. The third kappa shape index (κ3) is 3.57. The summed E-state index contributed by atoms with van der Waals surface area (Å²) in [5, 5.41) is 3.80. The van der Waals surface area contributed by atoms with Gasteiger partial charge in [0, 0.05) is 10.6 Å². The lowest BCUT2D eigenvalue weighted by molar-refractivity contribution is -0.192. The summed E-state index contributed by atoms with van der Waals surface area (Å²) in [5.41, 5.74) is -2.61. The summed E-state index contributed by atoms with van der Waals surface area (Å²) in [7, 11) is 0. The number of alkyl halides is 3. The molecule has 3 rings (SSSR count). The minimum atomic E-state index is -5.20. The van der Waals surface area contributed by atoms with Crippen LogP contribution in [0.1, 0.15) is 21.5 Å². The molecule has 0 aliphatic carbocycles. The minimum absolute atomic E-state index is 0.163. The standard InChI is InChI=1S/C18H12Cl2F3N3O2/c1-9-2-4-10(5-3-9)14-24-16(28)17(25-14,18(21,22)23)26-15(27)12-7-6-11(19)8-13(12)20/h2-8H,1H3,(H,26,27)(H,24,25,28)/t17-/m1/s1. The molecule has 28 heavy (non-hydrogen) atoms. The molecule has 2 N–H and O–H groups in total. The fourth-order valence-electron chi connectivity index (χ4n) is 2.55. The number of carbonyl (C=O) groups is 2. The van der Waals surface area contributed by atoms with Crippen molar-refractivity contribution in [2.75, 3.05) is 0 Å². The highest BCUT2D eigenvalue weighted by atomic mass is 35.5. The molecule has 2 aromatic carbocycles. The third-order valence-electron chi connectivity index (χ3n) is 4.05. The third-order valence-corrected chi connectivity index (χ3v) is 4.59. The van der Waals surface area contributed by atoms with Crippen LogP contribution in [0.5, 0.6) is 0 Å². The number of aliphatic imine (C=N–C) groups is 1. The number of amides is 2. The lowest BCUT2D eigenvalue weighted by atomic mass is 10.1. The molecule has 146 valence electrons. The van der Waals surface area contributed by atoms with E-state index in [4.69, 9.17) is 23.2 Å². The lowest BCUT2D eigenvalue weighted by Gasteiger charge is -2.27. The van der Waals surface area contributed by atoms with E-state index in [1.807, 2.05) is 0 Å². The van der Waals surface area contributed by atoms with Gasteiger partial charge in [-0.05, 0) is 25.1 Å². The largest absolute Gasteiger partial charge is 0.442 e. The summed E-state index contributed by atoms with van der Waals surface area (Å²) < 4.78 is 41.5. The number of carbonyl (C=O) groups excluding carboxylic acids is 2. The van der Waals surface area contributed by atoms with E-state index in [2.05, 4.69) is 10.3 Å². The van der Waals surface area contributed by atoms with Crippen molar-refractivity contribution in [2.45, 2.75) is 18.8 Å². The normalized spacial score (nSPS) is 19.2. The van der Waals surface area contributed by atoms with Crippen molar-refractivity contribution in [1.29, 1.82) is 0 Å². The molecule has 0 saturated heterocycles. The molecule has 2 amide bonds. The average Bonchev–Trinajstić information content (AvgIpc) is 2.93. The van der Waals surface area contributed by atoms with Crippen LogP contribution in [-0.4, -0.2) is 29.5 Å². The number of hydrogen-bond acceptors (Lipinski definition) is 3. The highest BCUT2D eigenvalue weighted by molar-refractivity contribution is 6.36. The van der Waals surface area contributed by atoms with E-state index in [1.54, 1.807) is 24.4 Å². The summed E-state index contributed by atoms with van der Waals surface area (Å²) >= 11 is 11.6. The zero-order valence-corrected chi connectivity index (χ0v) is 15.7. The highest BCUT2D eigenvalue weighted by Gasteiger charge is 2.65. The molecule has 0 saturated carbocycles. The van der Waals surface area contributed by atoms with Crippen LogP contribution >= 0.6 is 23.2 Å². The topological polar surface area (TPSA) is 70.6 Å². The summed E-state index contributed by atoms with van der Waals surface area (Å²) in [5.74, 6) is -3.04. The monoisotopic (exact) mass is 429 g/mol. The van der Waals surface area contributed by atoms with Gasteiger partial charge in [-0.2, -0.15) is 13.2 Å². The number of aryl methyl sites for hydroxylation is 1. The minimum Gasteiger partial charge on any atom is -0.312 e. The predicted molar refractivity (Wildman–Crippen MR) is 98.6 cm³/mol.